The smallest absolute Gasteiger partial charge is 0.433 e. The molecule has 0 aliphatic heterocycles. The van der Waals surface area contributed by atoms with E-state index in [1.165, 1.54) is 23.0 Å². The summed E-state index contributed by atoms with van der Waals surface area (Å²) in [5.74, 6) is -0.0294. The molecule has 3 heterocycles. The number of anilines is 2. The third-order valence-electron chi connectivity index (χ3n) is 7.17. The van der Waals surface area contributed by atoms with Crippen LogP contribution in [0.25, 0.3) is 16.9 Å². The van der Waals surface area contributed by atoms with E-state index in [1.54, 1.807) is 12.1 Å². The van der Waals surface area contributed by atoms with E-state index < -0.39 is 11.9 Å². The average molecular weight is 616 g/mol. The molecule has 0 saturated heterocycles. The van der Waals surface area contributed by atoms with Crippen LogP contribution < -0.4 is 21.7 Å². The molecule has 0 spiro atoms. The Morgan fingerprint density at radius 2 is 1.93 bits per heavy atom. The Morgan fingerprint density at radius 3 is 2.61 bits per heavy atom. The third-order valence-corrected chi connectivity index (χ3v) is 7.17. The normalized spacial score (nSPS) is 16.2. The lowest BCUT2D eigenvalue weighted by molar-refractivity contribution is -0.140. The maximum Gasteiger partial charge on any atom is 0.433 e. The summed E-state index contributed by atoms with van der Waals surface area (Å²) in [5, 5.41) is 21.3. The van der Waals surface area contributed by atoms with Crippen LogP contribution in [0, 0.1) is 5.92 Å². The van der Waals surface area contributed by atoms with Crippen LogP contribution >= 0.6 is 0 Å². The van der Waals surface area contributed by atoms with Gasteiger partial charge in [0.15, 0.2) is 11.5 Å². The summed E-state index contributed by atoms with van der Waals surface area (Å²) in [6.07, 6.45) is 3.71. The maximum atomic E-state index is 13.4. The van der Waals surface area contributed by atoms with Crippen molar-refractivity contribution < 1.29 is 32.7 Å². The van der Waals surface area contributed by atoms with Crippen LogP contribution in [-0.2, 0) is 22.2 Å². The Balaban J connectivity index is 0.00000141. The Hall–Kier alpha value is -4.99. The molecule has 5 rings (SSSR count). The fourth-order valence-corrected chi connectivity index (χ4v) is 5.08. The summed E-state index contributed by atoms with van der Waals surface area (Å²) < 4.78 is 41.7. The summed E-state index contributed by atoms with van der Waals surface area (Å²) >= 11 is 0. The number of aromatic nitrogens is 5. The topological polar surface area (TPSA) is 192 Å². The number of fused-ring (bicyclic) bond motifs is 1. The van der Waals surface area contributed by atoms with Crippen molar-refractivity contribution >= 4 is 35.4 Å². The number of alkyl halides is 3. The highest BCUT2D eigenvalue weighted by atomic mass is 19.4. The van der Waals surface area contributed by atoms with Crippen molar-refractivity contribution in [2.24, 2.45) is 11.7 Å². The lowest BCUT2D eigenvalue weighted by Gasteiger charge is -2.14. The van der Waals surface area contributed by atoms with Crippen LogP contribution in [0.5, 0.6) is 0 Å². The molecule has 3 aromatic heterocycles. The molecule has 1 fully saturated rings. The largest absolute Gasteiger partial charge is 0.483 e. The van der Waals surface area contributed by atoms with Crippen LogP contribution in [0.1, 0.15) is 47.8 Å². The second-order valence-corrected chi connectivity index (χ2v) is 10.0. The number of nitrogens with zero attached hydrogens (tertiary/aromatic N) is 4. The van der Waals surface area contributed by atoms with E-state index in [0.29, 0.717) is 42.1 Å². The number of imidazole rings is 1. The fraction of sp³-hybridized carbons (Fsp3) is 0.357. The van der Waals surface area contributed by atoms with Crippen LogP contribution in [0.3, 0.4) is 0 Å². The number of amides is 2. The molecule has 2 atom stereocenters. The number of carbonyl (C=O) groups is 3. The monoisotopic (exact) mass is 615 g/mol. The van der Waals surface area contributed by atoms with E-state index in [0.717, 1.165) is 24.6 Å². The van der Waals surface area contributed by atoms with Crippen molar-refractivity contribution in [3.63, 3.8) is 0 Å². The van der Waals surface area contributed by atoms with Gasteiger partial charge in [0.25, 0.3) is 12.4 Å². The number of halogens is 3. The lowest BCUT2D eigenvalue weighted by Crippen LogP contribution is -2.37. The van der Waals surface area contributed by atoms with Gasteiger partial charge in [-0.2, -0.15) is 18.3 Å². The van der Waals surface area contributed by atoms with E-state index in [-0.39, 0.29) is 48.0 Å². The Kier molecular flexibility index (Phi) is 10.2. The molecule has 1 aromatic carbocycles. The first-order valence-electron chi connectivity index (χ1n) is 13.8. The van der Waals surface area contributed by atoms with E-state index in [9.17, 15) is 22.8 Å². The lowest BCUT2D eigenvalue weighted by atomic mass is 10.0. The third kappa shape index (κ3) is 7.31. The number of aryl methyl sites for hydroxylation is 1. The SMILES string of the molecule is CCc1cc(Nc2nccn3c(-c4cn[nH]c4C(F)(F)F)cnc23)ccc1C(=O)NCCNC(=O)[C@H]1CC[C@H](N)C1.O=CO. The number of nitrogens with two attached hydrogens (primary N) is 1. The summed E-state index contributed by atoms with van der Waals surface area (Å²) in [6.45, 7) is 2.28. The minimum absolute atomic E-state index is 0.0318. The van der Waals surface area contributed by atoms with Gasteiger partial charge in [0, 0.05) is 48.7 Å². The number of benzene rings is 1. The highest BCUT2D eigenvalue weighted by molar-refractivity contribution is 5.96. The molecule has 0 unspecified atom stereocenters. The first-order chi connectivity index (χ1) is 21.1. The summed E-state index contributed by atoms with van der Waals surface area (Å²) in [7, 11) is 0. The van der Waals surface area contributed by atoms with Gasteiger partial charge in [-0.25, -0.2) is 9.97 Å². The van der Waals surface area contributed by atoms with Crippen molar-refractivity contribution in [1.82, 2.24) is 35.2 Å². The van der Waals surface area contributed by atoms with Crippen molar-refractivity contribution in [2.45, 2.75) is 44.8 Å². The molecule has 234 valence electrons. The van der Waals surface area contributed by atoms with Gasteiger partial charge >= 0.3 is 6.18 Å². The maximum absolute atomic E-state index is 13.4. The molecule has 1 aliphatic rings. The van der Waals surface area contributed by atoms with E-state index in [1.807, 2.05) is 18.1 Å². The van der Waals surface area contributed by atoms with Crippen LogP contribution in [0.2, 0.25) is 0 Å². The van der Waals surface area contributed by atoms with Gasteiger partial charge < -0.3 is 26.8 Å². The minimum Gasteiger partial charge on any atom is -0.483 e. The molecule has 44 heavy (non-hydrogen) atoms. The van der Waals surface area contributed by atoms with Gasteiger partial charge in [0.1, 0.15) is 5.69 Å². The molecule has 13 nitrogen and oxygen atoms in total. The summed E-state index contributed by atoms with van der Waals surface area (Å²) in [6, 6.07) is 5.29. The first-order valence-corrected chi connectivity index (χ1v) is 13.8. The van der Waals surface area contributed by atoms with Gasteiger partial charge in [-0.05, 0) is 49.4 Å². The van der Waals surface area contributed by atoms with Crippen LogP contribution in [0.15, 0.2) is 43.0 Å². The summed E-state index contributed by atoms with van der Waals surface area (Å²) in [5.41, 5.74) is 7.21. The number of aromatic amines is 1. The van der Waals surface area contributed by atoms with Gasteiger partial charge in [-0.3, -0.25) is 23.9 Å². The Bertz CT molecular complexity index is 1620. The number of hydrogen-bond acceptors (Lipinski definition) is 8. The van der Waals surface area contributed by atoms with E-state index in [2.05, 4.69) is 31.0 Å². The number of carboxylic acid groups (broad SMARTS) is 1. The molecule has 7 N–H and O–H groups in total. The molecular weight excluding hydrogens is 583 g/mol. The Labute approximate surface area is 249 Å². The zero-order valence-electron chi connectivity index (χ0n) is 23.7. The number of carbonyl (C=O) groups excluding carboxylic acids is 2. The van der Waals surface area contributed by atoms with Gasteiger partial charge in [-0.1, -0.05) is 6.92 Å². The van der Waals surface area contributed by atoms with Crippen molar-refractivity contribution in [1.29, 1.82) is 0 Å². The predicted molar refractivity (Wildman–Crippen MR) is 154 cm³/mol. The molecular formula is C28H32F3N9O4. The number of nitrogens with one attached hydrogen (secondary N) is 4. The van der Waals surface area contributed by atoms with Gasteiger partial charge in [-0.15, -0.1) is 0 Å². The standard InChI is InChI=1S/C27H30F3N9O2.CH2O2/c1-2-15-12-18(5-6-19(15)26(41)34-8-7-33-25(40)16-3-4-17(31)11-16)37-23-24-35-14-21(39(24)10-9-32-23)20-13-36-38-22(20)27(28,29)30;2-1-3/h5-6,9-10,12-14,16-17H,2-4,7-8,11,31H2,1H3,(H,32,37)(H,33,40)(H,34,41)(H,36,38);1H,(H,2,3)/t16-,17-;/m0./s1. The van der Waals surface area contributed by atoms with Crippen molar-refractivity contribution in [3.05, 3.63) is 59.8 Å². The second kappa shape index (κ2) is 14.0. The predicted octanol–water partition coefficient (Wildman–Crippen LogP) is 3.12. The Morgan fingerprint density at radius 1 is 1.18 bits per heavy atom. The molecule has 1 aliphatic carbocycles. The molecule has 4 aromatic rings. The molecule has 0 bridgehead atoms. The zero-order valence-corrected chi connectivity index (χ0v) is 23.7. The highest BCUT2D eigenvalue weighted by Crippen LogP contribution is 2.36. The van der Waals surface area contributed by atoms with Gasteiger partial charge in [0.05, 0.1) is 23.7 Å². The molecule has 1 saturated carbocycles. The second-order valence-electron chi connectivity index (χ2n) is 10.0. The van der Waals surface area contributed by atoms with Crippen LogP contribution in [-0.4, -0.2) is 67.1 Å². The summed E-state index contributed by atoms with van der Waals surface area (Å²) in [4.78, 5) is 42.1. The number of rotatable bonds is 9. The average Bonchev–Trinajstić information content (AvgIpc) is 3.75. The minimum atomic E-state index is -4.60. The highest BCUT2D eigenvalue weighted by Gasteiger charge is 2.36. The number of hydrogen-bond donors (Lipinski definition) is 6. The molecule has 2 amide bonds. The van der Waals surface area contributed by atoms with E-state index >= 15 is 0 Å². The van der Waals surface area contributed by atoms with E-state index in [4.69, 9.17) is 15.6 Å². The number of H-pyrrole nitrogens is 1. The quantitative estimate of drug-likeness (QED) is 0.121. The zero-order chi connectivity index (χ0) is 31.9. The van der Waals surface area contributed by atoms with Crippen molar-refractivity contribution in [2.75, 3.05) is 18.4 Å². The molecule has 16 heteroatoms. The van der Waals surface area contributed by atoms with Crippen molar-refractivity contribution in [3.8, 4) is 11.3 Å². The van der Waals surface area contributed by atoms with Gasteiger partial charge in [0.2, 0.25) is 5.91 Å². The first kappa shape index (κ1) is 31.9. The fourth-order valence-electron chi connectivity index (χ4n) is 5.08. The van der Waals surface area contributed by atoms with Crippen LogP contribution in [0.4, 0.5) is 24.7 Å². The molecule has 0 radical (unpaired) electrons.